The first-order valence-corrected chi connectivity index (χ1v) is 14.5. The highest BCUT2D eigenvalue weighted by Gasteiger charge is 2.22. The molecule has 0 saturated carbocycles. The number of anilines is 2. The van der Waals surface area contributed by atoms with Crippen molar-refractivity contribution < 1.29 is 16.8 Å². The lowest BCUT2D eigenvalue weighted by Gasteiger charge is -2.16. The maximum atomic E-state index is 13.3. The summed E-state index contributed by atoms with van der Waals surface area (Å²) in [4.78, 5) is 12.1. The SMILES string of the molecule is Cn1sc(=O)c2cc(S(=O)(=O)Nc3cc4ccccc4cc3NS(=O)(=O)c3cccs3)ccc21. The molecule has 0 atom stereocenters. The number of nitrogens with one attached hydrogen (secondary N) is 2. The van der Waals surface area contributed by atoms with E-state index < -0.39 is 20.0 Å². The molecule has 0 aliphatic carbocycles. The van der Waals surface area contributed by atoms with E-state index in [2.05, 4.69) is 9.44 Å². The minimum absolute atomic E-state index is 0.0668. The summed E-state index contributed by atoms with van der Waals surface area (Å²) in [5.41, 5.74) is 0.782. The second-order valence-electron chi connectivity index (χ2n) is 7.44. The van der Waals surface area contributed by atoms with E-state index in [-0.39, 0.29) is 25.2 Å². The fourth-order valence-electron chi connectivity index (χ4n) is 3.57. The van der Waals surface area contributed by atoms with Gasteiger partial charge in [0.15, 0.2) is 0 Å². The van der Waals surface area contributed by atoms with Crippen LogP contribution in [0.3, 0.4) is 0 Å². The highest BCUT2D eigenvalue weighted by atomic mass is 32.2. The van der Waals surface area contributed by atoms with Crippen LogP contribution in [0.2, 0.25) is 0 Å². The van der Waals surface area contributed by atoms with Crippen LogP contribution in [-0.4, -0.2) is 20.8 Å². The Morgan fingerprint density at radius 1 is 0.794 bits per heavy atom. The van der Waals surface area contributed by atoms with E-state index in [1.807, 2.05) is 0 Å². The van der Waals surface area contributed by atoms with Crippen molar-refractivity contribution in [1.29, 1.82) is 0 Å². The lowest BCUT2D eigenvalue weighted by molar-refractivity contribution is 0.599. The van der Waals surface area contributed by atoms with E-state index >= 15 is 0 Å². The van der Waals surface area contributed by atoms with Gasteiger partial charge in [0.05, 0.1) is 27.2 Å². The van der Waals surface area contributed by atoms with Crippen molar-refractivity contribution >= 4 is 76.0 Å². The van der Waals surface area contributed by atoms with Gasteiger partial charge in [0.2, 0.25) is 0 Å². The van der Waals surface area contributed by atoms with E-state index in [4.69, 9.17) is 0 Å². The molecule has 2 heterocycles. The Hall–Kier alpha value is -3.19. The van der Waals surface area contributed by atoms with Gasteiger partial charge >= 0.3 is 0 Å². The minimum atomic E-state index is -4.14. The van der Waals surface area contributed by atoms with Crippen molar-refractivity contribution in [2.24, 2.45) is 7.05 Å². The van der Waals surface area contributed by atoms with Crippen LogP contribution in [0.1, 0.15) is 0 Å². The Kier molecular flexibility index (Phi) is 5.47. The molecule has 5 aromatic rings. The molecule has 0 aliphatic rings. The molecule has 0 bridgehead atoms. The normalized spacial score (nSPS) is 12.3. The van der Waals surface area contributed by atoms with E-state index in [1.54, 1.807) is 64.9 Å². The standard InChI is InChI=1S/C22H17N3O5S4/c1-25-20-9-8-16(13-17(20)22(26)32-25)33(27,28)23-18-11-14-5-2-3-6-15(14)12-19(18)24-34(29,30)21-7-4-10-31-21/h2-13,23-24H,1H3. The largest absolute Gasteiger partial charge is 0.297 e. The monoisotopic (exact) mass is 531 g/mol. The number of rotatable bonds is 6. The number of hydrogen-bond acceptors (Lipinski definition) is 7. The molecule has 5 rings (SSSR count). The lowest BCUT2D eigenvalue weighted by atomic mass is 10.1. The first kappa shape index (κ1) is 22.6. The van der Waals surface area contributed by atoms with Gasteiger partial charge in [-0.1, -0.05) is 30.3 Å². The van der Waals surface area contributed by atoms with E-state index in [9.17, 15) is 21.6 Å². The van der Waals surface area contributed by atoms with Crippen LogP contribution in [0.25, 0.3) is 21.7 Å². The fraction of sp³-hybridized carbons (Fsp3) is 0.0455. The van der Waals surface area contributed by atoms with Crippen LogP contribution in [0.5, 0.6) is 0 Å². The highest BCUT2D eigenvalue weighted by molar-refractivity contribution is 7.94. The minimum Gasteiger partial charge on any atom is -0.297 e. The number of benzene rings is 3. The predicted octanol–water partition coefficient (Wildman–Crippen LogP) is 4.42. The van der Waals surface area contributed by atoms with E-state index in [0.29, 0.717) is 10.9 Å². The van der Waals surface area contributed by atoms with Gasteiger partial charge in [0, 0.05) is 7.05 Å². The van der Waals surface area contributed by atoms with Crippen molar-refractivity contribution in [3.63, 3.8) is 0 Å². The Morgan fingerprint density at radius 3 is 2.06 bits per heavy atom. The van der Waals surface area contributed by atoms with Gasteiger partial charge in [-0.25, -0.2) is 16.8 Å². The molecule has 174 valence electrons. The van der Waals surface area contributed by atoms with Crippen molar-refractivity contribution in [2.75, 3.05) is 9.44 Å². The van der Waals surface area contributed by atoms with Crippen molar-refractivity contribution in [2.45, 2.75) is 9.10 Å². The lowest BCUT2D eigenvalue weighted by Crippen LogP contribution is -2.17. The third-order valence-corrected chi connectivity index (χ3v) is 10.2. The Bertz CT molecular complexity index is 1820. The number of thiophene rings is 1. The number of hydrogen-bond donors (Lipinski definition) is 2. The number of sulfonamides is 2. The summed E-state index contributed by atoms with van der Waals surface area (Å²) in [6.45, 7) is 0. The molecule has 0 fully saturated rings. The smallest absolute Gasteiger partial charge is 0.271 e. The molecule has 0 saturated heterocycles. The topological polar surface area (TPSA) is 114 Å². The number of aryl methyl sites for hydroxylation is 1. The Labute approximate surface area is 203 Å². The zero-order valence-corrected chi connectivity index (χ0v) is 20.8. The fourth-order valence-corrected chi connectivity index (χ4v) is 7.50. The Morgan fingerprint density at radius 2 is 1.44 bits per heavy atom. The molecule has 8 nitrogen and oxygen atoms in total. The molecule has 3 aromatic carbocycles. The second kappa shape index (κ2) is 8.24. The first-order valence-electron chi connectivity index (χ1n) is 9.86. The zero-order chi connectivity index (χ0) is 24.1. The van der Waals surface area contributed by atoms with Gasteiger partial charge in [-0.3, -0.25) is 18.2 Å². The van der Waals surface area contributed by atoms with Gasteiger partial charge in [0.25, 0.3) is 24.8 Å². The van der Waals surface area contributed by atoms with Gasteiger partial charge in [-0.05, 0) is 64.1 Å². The average molecular weight is 532 g/mol. The van der Waals surface area contributed by atoms with E-state index in [0.717, 1.165) is 33.6 Å². The quantitative estimate of drug-likeness (QED) is 0.337. The summed E-state index contributed by atoms with van der Waals surface area (Å²) < 4.78 is 58.8. The van der Waals surface area contributed by atoms with Crippen molar-refractivity contribution in [3.8, 4) is 0 Å². The van der Waals surface area contributed by atoms with Crippen molar-refractivity contribution in [1.82, 2.24) is 3.96 Å². The zero-order valence-electron chi connectivity index (χ0n) is 17.5. The Balaban J connectivity index is 1.60. The van der Waals surface area contributed by atoms with Crippen LogP contribution in [0, 0.1) is 0 Å². The highest BCUT2D eigenvalue weighted by Crippen LogP contribution is 2.33. The summed E-state index contributed by atoms with van der Waals surface area (Å²) in [7, 11) is -6.34. The van der Waals surface area contributed by atoms with Gasteiger partial charge in [-0.15, -0.1) is 11.3 Å². The number of nitrogens with zero attached hydrogens (tertiary/aromatic N) is 1. The molecule has 12 heteroatoms. The van der Waals surface area contributed by atoms with Gasteiger partial charge in [0.1, 0.15) is 4.21 Å². The summed E-state index contributed by atoms with van der Waals surface area (Å²) in [5.74, 6) is 0. The van der Waals surface area contributed by atoms with Crippen LogP contribution in [0.4, 0.5) is 11.4 Å². The molecule has 0 radical (unpaired) electrons. The predicted molar refractivity (Wildman–Crippen MR) is 137 cm³/mol. The first-order chi connectivity index (χ1) is 16.1. The number of fused-ring (bicyclic) bond motifs is 2. The molecule has 0 aliphatic heterocycles. The van der Waals surface area contributed by atoms with Crippen molar-refractivity contribution in [3.05, 3.63) is 81.6 Å². The second-order valence-corrected chi connectivity index (χ2v) is 13.1. The summed E-state index contributed by atoms with van der Waals surface area (Å²) >= 11 is 2.04. The summed E-state index contributed by atoms with van der Waals surface area (Å²) in [6.07, 6.45) is 0. The third kappa shape index (κ3) is 4.09. The van der Waals surface area contributed by atoms with E-state index in [1.165, 1.54) is 18.2 Å². The molecule has 0 amide bonds. The number of aromatic nitrogens is 1. The summed E-state index contributed by atoms with van der Waals surface area (Å²) in [5, 5.41) is 3.40. The molecule has 2 N–H and O–H groups in total. The van der Waals surface area contributed by atoms with Crippen LogP contribution < -0.4 is 14.2 Å². The molecule has 34 heavy (non-hydrogen) atoms. The molecule has 0 spiro atoms. The van der Waals surface area contributed by atoms with Gasteiger partial charge in [-0.2, -0.15) is 0 Å². The molecular formula is C22H17N3O5S4. The maximum Gasteiger partial charge on any atom is 0.271 e. The molecule has 2 aromatic heterocycles. The van der Waals surface area contributed by atoms with Crippen LogP contribution in [0.15, 0.2) is 86.0 Å². The average Bonchev–Trinajstić information content (AvgIpc) is 3.43. The molecular weight excluding hydrogens is 515 g/mol. The molecule has 0 unspecified atom stereocenters. The third-order valence-electron chi connectivity index (χ3n) is 5.19. The maximum absolute atomic E-state index is 13.3. The van der Waals surface area contributed by atoms with Crippen LogP contribution >= 0.6 is 22.9 Å². The summed E-state index contributed by atoms with van der Waals surface area (Å²) in [6, 6.07) is 17.8. The van der Waals surface area contributed by atoms with Crippen LogP contribution in [-0.2, 0) is 27.1 Å². The van der Waals surface area contributed by atoms with Gasteiger partial charge < -0.3 is 0 Å².